The van der Waals surface area contributed by atoms with Gasteiger partial charge in [0.1, 0.15) is 0 Å². The fraction of sp³-hybridized carbons (Fsp3) is 0.200. The number of halogens is 1. The summed E-state index contributed by atoms with van der Waals surface area (Å²) in [6, 6.07) is 5.81. The lowest BCUT2D eigenvalue weighted by molar-refractivity contribution is 0.398. The molecule has 0 fully saturated rings. The zero-order valence-corrected chi connectivity index (χ0v) is 8.67. The number of methoxy groups -OCH3 is 1. The molecule has 0 N–H and O–H groups in total. The zero-order chi connectivity index (χ0) is 10.1. The lowest BCUT2D eigenvalue weighted by Gasteiger charge is -2.03. The van der Waals surface area contributed by atoms with Crippen molar-refractivity contribution in [2.75, 3.05) is 7.11 Å². The van der Waals surface area contributed by atoms with Crippen LogP contribution in [0.1, 0.15) is 5.56 Å². The first-order chi connectivity index (χ1) is 6.70. The molecule has 0 spiro atoms. The van der Waals surface area contributed by atoms with Crippen molar-refractivity contribution in [3.63, 3.8) is 0 Å². The monoisotopic (exact) mass is 208 g/mol. The first kappa shape index (κ1) is 9.21. The molecular weight excluding hydrogens is 200 g/mol. The lowest BCUT2D eigenvalue weighted by atomic mass is 10.2. The molecule has 0 aliphatic rings. The van der Waals surface area contributed by atoms with Crippen molar-refractivity contribution in [1.29, 1.82) is 0 Å². The highest BCUT2D eigenvalue weighted by molar-refractivity contribution is 6.30. The van der Waals surface area contributed by atoms with E-state index < -0.39 is 0 Å². The molecule has 2 aromatic rings. The Morgan fingerprint density at radius 2 is 2.00 bits per heavy atom. The van der Waals surface area contributed by atoms with E-state index in [4.69, 9.17) is 16.3 Å². The van der Waals surface area contributed by atoms with Gasteiger partial charge in [-0.15, -0.1) is 0 Å². The third kappa shape index (κ3) is 1.51. The molecule has 1 aromatic carbocycles. The molecule has 1 heterocycles. The maximum absolute atomic E-state index is 5.84. The van der Waals surface area contributed by atoms with Crippen LogP contribution in [-0.2, 0) is 0 Å². The van der Waals surface area contributed by atoms with Gasteiger partial charge in [0.15, 0.2) is 5.15 Å². The quantitative estimate of drug-likeness (QED) is 0.723. The summed E-state index contributed by atoms with van der Waals surface area (Å²) < 4.78 is 4.99. The molecule has 0 unspecified atom stereocenters. The molecule has 14 heavy (non-hydrogen) atoms. The SMILES string of the molecule is COc1nc2cc(C)ccc2nc1Cl. The Bertz CT molecular complexity index is 485. The molecule has 0 amide bonds. The van der Waals surface area contributed by atoms with Crippen LogP contribution in [-0.4, -0.2) is 17.1 Å². The van der Waals surface area contributed by atoms with Crippen LogP contribution in [0.15, 0.2) is 18.2 Å². The van der Waals surface area contributed by atoms with Crippen molar-refractivity contribution in [3.8, 4) is 5.88 Å². The summed E-state index contributed by atoms with van der Waals surface area (Å²) in [4.78, 5) is 8.40. The first-order valence-corrected chi connectivity index (χ1v) is 4.56. The third-order valence-electron chi connectivity index (χ3n) is 1.94. The van der Waals surface area contributed by atoms with Crippen molar-refractivity contribution in [3.05, 3.63) is 28.9 Å². The van der Waals surface area contributed by atoms with Crippen LogP contribution in [0.3, 0.4) is 0 Å². The largest absolute Gasteiger partial charge is 0.479 e. The van der Waals surface area contributed by atoms with E-state index >= 15 is 0 Å². The van der Waals surface area contributed by atoms with Crippen molar-refractivity contribution in [2.24, 2.45) is 0 Å². The van der Waals surface area contributed by atoms with E-state index in [9.17, 15) is 0 Å². The Kier molecular flexibility index (Phi) is 2.25. The number of hydrogen-bond donors (Lipinski definition) is 0. The molecule has 0 saturated carbocycles. The van der Waals surface area contributed by atoms with Gasteiger partial charge >= 0.3 is 0 Å². The van der Waals surface area contributed by atoms with Gasteiger partial charge in [-0.05, 0) is 24.6 Å². The van der Waals surface area contributed by atoms with Crippen molar-refractivity contribution < 1.29 is 4.74 Å². The minimum Gasteiger partial charge on any atom is -0.479 e. The molecule has 0 aliphatic carbocycles. The second kappa shape index (κ2) is 3.42. The Balaban J connectivity index is 2.73. The van der Waals surface area contributed by atoms with Crippen molar-refractivity contribution in [1.82, 2.24) is 9.97 Å². The minimum absolute atomic E-state index is 0.295. The molecule has 4 heteroatoms. The van der Waals surface area contributed by atoms with E-state index in [1.54, 1.807) is 0 Å². The summed E-state index contributed by atoms with van der Waals surface area (Å²) >= 11 is 5.84. The van der Waals surface area contributed by atoms with Crippen LogP contribution in [0.4, 0.5) is 0 Å². The maximum Gasteiger partial charge on any atom is 0.252 e. The van der Waals surface area contributed by atoms with Gasteiger partial charge in [-0.2, -0.15) is 0 Å². The minimum atomic E-state index is 0.295. The number of benzene rings is 1. The van der Waals surface area contributed by atoms with Gasteiger partial charge in [-0.25, -0.2) is 9.97 Å². The first-order valence-electron chi connectivity index (χ1n) is 4.18. The molecular formula is C10H9ClN2O. The number of hydrogen-bond acceptors (Lipinski definition) is 3. The topological polar surface area (TPSA) is 35.0 Å². The predicted molar refractivity (Wildman–Crippen MR) is 55.8 cm³/mol. The maximum atomic E-state index is 5.84. The summed E-state index contributed by atoms with van der Waals surface area (Å²) in [5.41, 5.74) is 2.71. The average molecular weight is 209 g/mol. The normalized spacial score (nSPS) is 10.5. The Morgan fingerprint density at radius 3 is 2.71 bits per heavy atom. The highest BCUT2D eigenvalue weighted by atomic mass is 35.5. The standard InChI is InChI=1S/C10H9ClN2O/c1-6-3-4-7-8(5-6)13-10(14-2)9(11)12-7/h3-5H,1-2H3. The molecule has 0 radical (unpaired) electrons. The highest BCUT2D eigenvalue weighted by Gasteiger charge is 2.06. The summed E-state index contributed by atoms with van der Waals surface area (Å²) in [7, 11) is 1.53. The van der Waals surface area contributed by atoms with Crippen LogP contribution in [0.2, 0.25) is 5.15 Å². The van der Waals surface area contributed by atoms with Crippen molar-refractivity contribution >= 4 is 22.6 Å². The molecule has 2 rings (SSSR count). The Morgan fingerprint density at radius 1 is 1.21 bits per heavy atom. The summed E-state index contributed by atoms with van der Waals surface area (Å²) in [5.74, 6) is 0.366. The molecule has 72 valence electrons. The van der Waals surface area contributed by atoms with E-state index in [1.807, 2.05) is 25.1 Å². The Labute approximate surface area is 86.7 Å². The van der Waals surface area contributed by atoms with Gasteiger partial charge < -0.3 is 4.74 Å². The van der Waals surface area contributed by atoms with Crippen LogP contribution in [0.25, 0.3) is 11.0 Å². The van der Waals surface area contributed by atoms with E-state index in [1.165, 1.54) is 7.11 Å². The van der Waals surface area contributed by atoms with Gasteiger partial charge in [0.25, 0.3) is 5.88 Å². The van der Waals surface area contributed by atoms with Gasteiger partial charge in [-0.1, -0.05) is 17.7 Å². The van der Waals surface area contributed by atoms with Crippen LogP contribution in [0, 0.1) is 6.92 Å². The average Bonchev–Trinajstić information content (AvgIpc) is 2.17. The smallest absolute Gasteiger partial charge is 0.252 e. The number of aryl methyl sites for hydroxylation is 1. The van der Waals surface area contributed by atoms with Gasteiger partial charge in [0.2, 0.25) is 0 Å². The van der Waals surface area contributed by atoms with Gasteiger partial charge in [0, 0.05) is 0 Å². The summed E-state index contributed by atoms with van der Waals surface area (Å²) in [6.45, 7) is 2.00. The number of fused-ring (bicyclic) bond motifs is 1. The number of ether oxygens (including phenoxy) is 1. The van der Waals surface area contributed by atoms with E-state index in [0.29, 0.717) is 11.0 Å². The second-order valence-corrected chi connectivity index (χ2v) is 3.37. The number of nitrogens with zero attached hydrogens (tertiary/aromatic N) is 2. The summed E-state index contributed by atoms with van der Waals surface area (Å²) in [5, 5.41) is 0.295. The van der Waals surface area contributed by atoms with Crippen LogP contribution < -0.4 is 4.74 Å². The highest BCUT2D eigenvalue weighted by Crippen LogP contribution is 2.23. The molecule has 0 aliphatic heterocycles. The van der Waals surface area contributed by atoms with Gasteiger partial charge in [0.05, 0.1) is 18.1 Å². The zero-order valence-electron chi connectivity index (χ0n) is 7.91. The predicted octanol–water partition coefficient (Wildman–Crippen LogP) is 2.60. The van der Waals surface area contributed by atoms with Crippen molar-refractivity contribution in [2.45, 2.75) is 6.92 Å². The lowest BCUT2D eigenvalue weighted by Crippen LogP contribution is -1.93. The fourth-order valence-electron chi connectivity index (χ4n) is 1.26. The fourth-order valence-corrected chi connectivity index (χ4v) is 1.47. The van der Waals surface area contributed by atoms with E-state index in [-0.39, 0.29) is 0 Å². The molecule has 0 atom stereocenters. The molecule has 1 aromatic heterocycles. The Hall–Kier alpha value is -1.35. The molecule has 0 bridgehead atoms. The van der Waals surface area contributed by atoms with Crippen LogP contribution in [0.5, 0.6) is 5.88 Å². The van der Waals surface area contributed by atoms with Gasteiger partial charge in [-0.3, -0.25) is 0 Å². The van der Waals surface area contributed by atoms with E-state index in [0.717, 1.165) is 16.6 Å². The third-order valence-corrected chi connectivity index (χ3v) is 2.19. The van der Waals surface area contributed by atoms with E-state index in [2.05, 4.69) is 9.97 Å². The molecule has 3 nitrogen and oxygen atoms in total. The van der Waals surface area contributed by atoms with Crippen LogP contribution >= 0.6 is 11.6 Å². The number of rotatable bonds is 1. The molecule has 0 saturated heterocycles. The second-order valence-electron chi connectivity index (χ2n) is 3.02. The number of aromatic nitrogens is 2. The summed E-state index contributed by atoms with van der Waals surface area (Å²) in [6.07, 6.45) is 0.